The minimum atomic E-state index is -1.25. The minimum absolute atomic E-state index is 0.0577. The van der Waals surface area contributed by atoms with Crippen molar-refractivity contribution in [2.75, 3.05) is 13.7 Å². The SMILES string of the molecule is CCC1(c2ccc(OC)cc2)NC(=O)N(CC(=O)NC(=O)NC2CCCC2)C1=O. The highest BCUT2D eigenvalue weighted by Crippen LogP contribution is 2.33. The molecular formula is C20H26N4O5. The molecule has 9 heteroatoms. The molecule has 0 bridgehead atoms. The molecule has 0 spiro atoms. The average molecular weight is 402 g/mol. The molecule has 6 amide bonds. The first-order valence-electron chi connectivity index (χ1n) is 9.78. The van der Waals surface area contributed by atoms with E-state index in [0.29, 0.717) is 17.7 Å². The number of carbonyl (C=O) groups excluding carboxylic acids is 4. The smallest absolute Gasteiger partial charge is 0.325 e. The van der Waals surface area contributed by atoms with Gasteiger partial charge >= 0.3 is 12.1 Å². The zero-order valence-electron chi connectivity index (χ0n) is 16.6. The van der Waals surface area contributed by atoms with Crippen molar-refractivity contribution in [2.45, 2.75) is 50.6 Å². The Morgan fingerprint density at radius 2 is 1.86 bits per heavy atom. The fourth-order valence-electron chi connectivity index (χ4n) is 3.89. The lowest BCUT2D eigenvalue weighted by Gasteiger charge is -2.26. The van der Waals surface area contributed by atoms with Gasteiger partial charge in [-0.25, -0.2) is 9.59 Å². The maximum Gasteiger partial charge on any atom is 0.325 e. The molecule has 0 aromatic heterocycles. The van der Waals surface area contributed by atoms with Crippen molar-refractivity contribution in [1.29, 1.82) is 0 Å². The van der Waals surface area contributed by atoms with E-state index < -0.39 is 36.0 Å². The lowest BCUT2D eigenvalue weighted by Crippen LogP contribution is -2.48. The molecule has 1 aromatic rings. The molecule has 156 valence electrons. The van der Waals surface area contributed by atoms with E-state index in [2.05, 4.69) is 16.0 Å². The maximum atomic E-state index is 13.1. The van der Waals surface area contributed by atoms with E-state index in [-0.39, 0.29) is 6.04 Å². The third kappa shape index (κ3) is 4.18. The molecule has 1 aliphatic carbocycles. The van der Waals surface area contributed by atoms with Crippen molar-refractivity contribution in [1.82, 2.24) is 20.9 Å². The summed E-state index contributed by atoms with van der Waals surface area (Å²) in [5, 5.41) is 7.63. The number of ether oxygens (including phenoxy) is 1. The van der Waals surface area contributed by atoms with Gasteiger partial charge in [0, 0.05) is 6.04 Å². The maximum absolute atomic E-state index is 13.1. The molecule has 1 saturated carbocycles. The lowest BCUT2D eigenvalue weighted by atomic mass is 9.87. The minimum Gasteiger partial charge on any atom is -0.497 e. The Labute approximate surface area is 169 Å². The van der Waals surface area contributed by atoms with Gasteiger partial charge in [-0.1, -0.05) is 31.9 Å². The second kappa shape index (κ2) is 8.50. The Bertz CT molecular complexity index is 804. The summed E-state index contributed by atoms with van der Waals surface area (Å²) in [6.07, 6.45) is 4.17. The van der Waals surface area contributed by atoms with E-state index in [9.17, 15) is 19.2 Å². The fourth-order valence-corrected chi connectivity index (χ4v) is 3.89. The largest absolute Gasteiger partial charge is 0.497 e. The topological polar surface area (TPSA) is 117 Å². The van der Waals surface area contributed by atoms with Gasteiger partial charge < -0.3 is 15.4 Å². The second-order valence-electron chi connectivity index (χ2n) is 7.31. The highest BCUT2D eigenvalue weighted by molar-refractivity contribution is 6.10. The Morgan fingerprint density at radius 1 is 1.21 bits per heavy atom. The average Bonchev–Trinajstić information content (AvgIpc) is 3.30. The van der Waals surface area contributed by atoms with Gasteiger partial charge in [0.25, 0.3) is 5.91 Å². The number of hydrogen-bond donors (Lipinski definition) is 3. The number of methoxy groups -OCH3 is 1. The van der Waals surface area contributed by atoms with Crippen molar-refractivity contribution in [3.8, 4) is 5.75 Å². The molecule has 0 radical (unpaired) electrons. The molecule has 2 aliphatic rings. The van der Waals surface area contributed by atoms with Crippen LogP contribution in [-0.4, -0.2) is 48.5 Å². The molecule has 1 aromatic carbocycles. The summed E-state index contributed by atoms with van der Waals surface area (Å²) in [4.78, 5) is 50.5. The number of urea groups is 2. The standard InChI is InChI=1S/C20H26N4O5/c1-3-20(13-8-10-15(29-2)11-9-13)17(26)24(19(28)23-20)12-16(25)22-18(27)21-14-6-4-5-7-14/h8-11,14H,3-7,12H2,1-2H3,(H,23,28)(H2,21,22,25,27). The first kappa shape index (κ1) is 20.6. The molecule has 1 saturated heterocycles. The number of carbonyl (C=O) groups is 4. The van der Waals surface area contributed by atoms with E-state index in [0.717, 1.165) is 30.6 Å². The highest BCUT2D eigenvalue weighted by atomic mass is 16.5. The van der Waals surface area contributed by atoms with Crippen LogP contribution in [0.2, 0.25) is 0 Å². The predicted molar refractivity (Wildman–Crippen MR) is 104 cm³/mol. The predicted octanol–water partition coefficient (Wildman–Crippen LogP) is 1.62. The van der Waals surface area contributed by atoms with Gasteiger partial charge in [0.2, 0.25) is 5.91 Å². The molecule has 1 aliphatic heterocycles. The first-order chi connectivity index (χ1) is 13.9. The summed E-state index contributed by atoms with van der Waals surface area (Å²) in [5.41, 5.74) is -0.656. The van der Waals surface area contributed by atoms with Gasteiger partial charge in [-0.15, -0.1) is 0 Å². The van der Waals surface area contributed by atoms with Crippen LogP contribution in [0.4, 0.5) is 9.59 Å². The number of hydrogen-bond acceptors (Lipinski definition) is 5. The number of imide groups is 2. The van der Waals surface area contributed by atoms with Crippen molar-refractivity contribution in [2.24, 2.45) is 0 Å². The first-order valence-corrected chi connectivity index (χ1v) is 9.78. The zero-order chi connectivity index (χ0) is 21.0. The number of amides is 6. The summed E-state index contributed by atoms with van der Waals surface area (Å²) in [6, 6.07) is 5.61. The van der Waals surface area contributed by atoms with Crippen molar-refractivity contribution >= 4 is 23.9 Å². The van der Waals surface area contributed by atoms with E-state index in [1.54, 1.807) is 31.2 Å². The van der Waals surface area contributed by atoms with Crippen LogP contribution in [0, 0.1) is 0 Å². The third-order valence-corrected chi connectivity index (χ3v) is 5.53. The van der Waals surface area contributed by atoms with Gasteiger partial charge in [0.05, 0.1) is 7.11 Å². The normalized spacial score (nSPS) is 21.8. The molecule has 1 unspecified atom stereocenters. The monoisotopic (exact) mass is 402 g/mol. The number of nitrogens with one attached hydrogen (secondary N) is 3. The fraction of sp³-hybridized carbons (Fsp3) is 0.500. The quantitative estimate of drug-likeness (QED) is 0.625. The van der Waals surface area contributed by atoms with Crippen molar-refractivity contribution in [3.05, 3.63) is 29.8 Å². The molecule has 1 heterocycles. The molecule has 9 nitrogen and oxygen atoms in total. The molecule has 3 N–H and O–H groups in total. The van der Waals surface area contributed by atoms with Crippen LogP contribution in [0.1, 0.15) is 44.6 Å². The number of rotatable bonds is 6. The highest BCUT2D eigenvalue weighted by Gasteiger charge is 2.51. The molecule has 29 heavy (non-hydrogen) atoms. The van der Waals surface area contributed by atoms with E-state index >= 15 is 0 Å². The molecule has 1 atom stereocenters. The van der Waals surface area contributed by atoms with Gasteiger partial charge in [-0.3, -0.25) is 19.8 Å². The number of benzene rings is 1. The van der Waals surface area contributed by atoms with Crippen molar-refractivity contribution < 1.29 is 23.9 Å². The van der Waals surface area contributed by atoms with Crippen LogP contribution in [0.25, 0.3) is 0 Å². The van der Waals surface area contributed by atoms with Crippen LogP contribution in [0.5, 0.6) is 5.75 Å². The summed E-state index contributed by atoms with van der Waals surface area (Å²) in [7, 11) is 1.54. The van der Waals surface area contributed by atoms with Gasteiger partial charge in [0.1, 0.15) is 17.8 Å². The Kier molecular flexibility index (Phi) is 6.05. The van der Waals surface area contributed by atoms with E-state index in [1.165, 1.54) is 7.11 Å². The van der Waals surface area contributed by atoms with Crippen LogP contribution < -0.4 is 20.7 Å². The van der Waals surface area contributed by atoms with Gasteiger partial charge in [-0.05, 0) is 37.0 Å². The molecule has 2 fully saturated rings. The molecular weight excluding hydrogens is 376 g/mol. The third-order valence-electron chi connectivity index (χ3n) is 5.53. The Morgan fingerprint density at radius 3 is 2.45 bits per heavy atom. The second-order valence-corrected chi connectivity index (χ2v) is 7.31. The summed E-state index contributed by atoms with van der Waals surface area (Å²) in [5.74, 6) is -0.617. The summed E-state index contributed by atoms with van der Waals surface area (Å²) < 4.78 is 5.13. The van der Waals surface area contributed by atoms with E-state index in [4.69, 9.17) is 4.74 Å². The van der Waals surface area contributed by atoms with Crippen LogP contribution >= 0.6 is 0 Å². The van der Waals surface area contributed by atoms with Gasteiger partial charge in [0.15, 0.2) is 0 Å². The van der Waals surface area contributed by atoms with Crippen molar-refractivity contribution in [3.63, 3.8) is 0 Å². The summed E-state index contributed by atoms with van der Waals surface area (Å²) in [6.45, 7) is 1.25. The Balaban J connectivity index is 1.66. The van der Waals surface area contributed by atoms with Crippen LogP contribution in [0.15, 0.2) is 24.3 Å². The van der Waals surface area contributed by atoms with Crippen LogP contribution in [-0.2, 0) is 15.1 Å². The Hall–Kier alpha value is -3.10. The van der Waals surface area contributed by atoms with E-state index in [1.807, 2.05) is 0 Å². The lowest BCUT2D eigenvalue weighted by molar-refractivity contribution is -0.135. The number of nitrogens with zero attached hydrogens (tertiary/aromatic N) is 1. The van der Waals surface area contributed by atoms with Gasteiger partial charge in [-0.2, -0.15) is 0 Å². The van der Waals surface area contributed by atoms with Crippen LogP contribution in [0.3, 0.4) is 0 Å². The molecule has 3 rings (SSSR count). The zero-order valence-corrected chi connectivity index (χ0v) is 16.6. The summed E-state index contributed by atoms with van der Waals surface area (Å²) >= 11 is 0.